The second-order valence-electron chi connectivity index (χ2n) is 3.48. The van der Waals surface area contributed by atoms with E-state index in [0.717, 1.165) is 24.0 Å². The summed E-state index contributed by atoms with van der Waals surface area (Å²) in [6.45, 7) is 3.86. The molecular weight excluding hydrogens is 192 g/mol. The maximum absolute atomic E-state index is 11.4. The highest BCUT2D eigenvalue weighted by Crippen LogP contribution is 2.25. The van der Waals surface area contributed by atoms with Crippen LogP contribution in [-0.4, -0.2) is 18.2 Å². The van der Waals surface area contributed by atoms with Gasteiger partial charge in [0.05, 0.1) is 12.7 Å². The predicted molar refractivity (Wildman–Crippen MR) is 58.2 cm³/mol. The van der Waals surface area contributed by atoms with Crippen molar-refractivity contribution in [2.75, 3.05) is 7.11 Å². The molecule has 0 radical (unpaired) electrons. The molecule has 0 atom stereocenters. The molecule has 1 rings (SSSR count). The van der Waals surface area contributed by atoms with E-state index in [2.05, 4.69) is 4.74 Å². The lowest BCUT2D eigenvalue weighted by Crippen LogP contribution is -2.06. The molecule has 0 fully saturated rings. The number of ether oxygens (including phenoxy) is 1. The molecular formula is C12H16O3. The molecule has 3 nitrogen and oxygen atoms in total. The van der Waals surface area contributed by atoms with Gasteiger partial charge in [0, 0.05) is 0 Å². The third kappa shape index (κ3) is 2.29. The van der Waals surface area contributed by atoms with Crippen molar-refractivity contribution < 1.29 is 14.6 Å². The van der Waals surface area contributed by atoms with Crippen molar-refractivity contribution in [2.45, 2.75) is 26.7 Å². The number of carbonyl (C=O) groups excluding carboxylic acids is 1. The molecule has 82 valence electrons. The molecule has 1 N–H and O–H groups in total. The summed E-state index contributed by atoms with van der Waals surface area (Å²) in [6.07, 6.45) is 1.70. The van der Waals surface area contributed by atoms with Crippen molar-refractivity contribution in [3.05, 3.63) is 28.8 Å². The van der Waals surface area contributed by atoms with Gasteiger partial charge in [-0.1, -0.05) is 13.3 Å². The molecule has 0 aromatic heterocycles. The summed E-state index contributed by atoms with van der Waals surface area (Å²) in [5.74, 6) is -0.105. The summed E-state index contributed by atoms with van der Waals surface area (Å²) in [6, 6.07) is 3.14. The third-order valence-corrected chi connectivity index (χ3v) is 2.48. The first kappa shape index (κ1) is 11.6. The molecule has 0 unspecified atom stereocenters. The number of phenols is 1. The molecule has 0 aliphatic rings. The van der Waals surface area contributed by atoms with Crippen molar-refractivity contribution >= 4 is 5.97 Å². The zero-order valence-corrected chi connectivity index (χ0v) is 9.33. The second kappa shape index (κ2) is 4.82. The van der Waals surface area contributed by atoms with Gasteiger partial charge in [-0.25, -0.2) is 4.79 Å². The topological polar surface area (TPSA) is 46.5 Å². The number of hydrogen-bond acceptors (Lipinski definition) is 3. The zero-order valence-electron chi connectivity index (χ0n) is 9.33. The van der Waals surface area contributed by atoms with Crippen LogP contribution >= 0.6 is 0 Å². The van der Waals surface area contributed by atoms with Gasteiger partial charge in [-0.3, -0.25) is 0 Å². The Balaban J connectivity index is 3.21. The highest BCUT2D eigenvalue weighted by molar-refractivity contribution is 5.91. The van der Waals surface area contributed by atoms with E-state index in [1.807, 2.05) is 13.8 Å². The van der Waals surface area contributed by atoms with Crippen LogP contribution in [0, 0.1) is 6.92 Å². The molecule has 0 spiro atoms. The van der Waals surface area contributed by atoms with Crippen LogP contribution in [0.25, 0.3) is 0 Å². The van der Waals surface area contributed by atoms with E-state index in [1.165, 1.54) is 7.11 Å². The van der Waals surface area contributed by atoms with E-state index in [4.69, 9.17) is 0 Å². The molecule has 0 amide bonds. The number of aromatic hydroxyl groups is 1. The minimum atomic E-state index is -0.357. The molecule has 0 heterocycles. The Hall–Kier alpha value is -1.51. The quantitative estimate of drug-likeness (QED) is 0.776. The molecule has 1 aromatic rings. The number of rotatable bonds is 3. The lowest BCUT2D eigenvalue weighted by Gasteiger charge is -2.11. The summed E-state index contributed by atoms with van der Waals surface area (Å²) in [4.78, 5) is 11.4. The first-order valence-electron chi connectivity index (χ1n) is 5.01. The van der Waals surface area contributed by atoms with Gasteiger partial charge in [0.25, 0.3) is 0 Å². The SMILES string of the molecule is CCCc1c(O)ccc(C(=O)OC)c1C. The average molecular weight is 208 g/mol. The zero-order chi connectivity index (χ0) is 11.4. The van der Waals surface area contributed by atoms with Gasteiger partial charge in [0.15, 0.2) is 0 Å². The first-order valence-corrected chi connectivity index (χ1v) is 5.01. The molecule has 3 heteroatoms. The molecule has 15 heavy (non-hydrogen) atoms. The van der Waals surface area contributed by atoms with Crippen molar-refractivity contribution in [3.8, 4) is 5.75 Å². The van der Waals surface area contributed by atoms with E-state index in [0.29, 0.717) is 5.56 Å². The molecule has 0 aliphatic heterocycles. The lowest BCUT2D eigenvalue weighted by atomic mass is 9.98. The lowest BCUT2D eigenvalue weighted by molar-refractivity contribution is 0.0599. The minimum Gasteiger partial charge on any atom is -0.508 e. The second-order valence-corrected chi connectivity index (χ2v) is 3.48. The van der Waals surface area contributed by atoms with E-state index < -0.39 is 0 Å². The van der Waals surface area contributed by atoms with Gasteiger partial charge in [0.1, 0.15) is 5.75 Å². The highest BCUT2D eigenvalue weighted by atomic mass is 16.5. The van der Waals surface area contributed by atoms with E-state index in [-0.39, 0.29) is 11.7 Å². The van der Waals surface area contributed by atoms with Crippen molar-refractivity contribution in [3.63, 3.8) is 0 Å². The molecule has 0 aliphatic carbocycles. The van der Waals surface area contributed by atoms with Gasteiger partial charge in [-0.05, 0) is 36.6 Å². The third-order valence-electron chi connectivity index (χ3n) is 2.48. The van der Waals surface area contributed by atoms with Crippen LogP contribution in [-0.2, 0) is 11.2 Å². The Kier molecular flexibility index (Phi) is 3.72. The van der Waals surface area contributed by atoms with Crippen LogP contribution in [0.1, 0.15) is 34.8 Å². The van der Waals surface area contributed by atoms with Gasteiger partial charge >= 0.3 is 5.97 Å². The largest absolute Gasteiger partial charge is 0.508 e. The summed E-state index contributed by atoms with van der Waals surface area (Å²) in [7, 11) is 1.36. The molecule has 1 aromatic carbocycles. The minimum absolute atomic E-state index is 0.252. The van der Waals surface area contributed by atoms with Gasteiger partial charge < -0.3 is 9.84 Å². The van der Waals surface area contributed by atoms with Crippen molar-refractivity contribution in [2.24, 2.45) is 0 Å². The number of methoxy groups -OCH3 is 1. The summed E-state index contributed by atoms with van der Waals surface area (Å²) in [5, 5.41) is 9.65. The highest BCUT2D eigenvalue weighted by Gasteiger charge is 2.14. The number of carbonyl (C=O) groups is 1. The monoisotopic (exact) mass is 208 g/mol. The van der Waals surface area contributed by atoms with Crippen molar-refractivity contribution in [1.29, 1.82) is 0 Å². The summed E-state index contributed by atoms with van der Waals surface area (Å²) >= 11 is 0. The van der Waals surface area contributed by atoms with E-state index in [1.54, 1.807) is 12.1 Å². The van der Waals surface area contributed by atoms with Crippen LogP contribution in [0.3, 0.4) is 0 Å². The van der Waals surface area contributed by atoms with Gasteiger partial charge in [-0.2, -0.15) is 0 Å². The number of benzene rings is 1. The molecule has 0 bridgehead atoms. The van der Waals surface area contributed by atoms with Crippen LogP contribution < -0.4 is 0 Å². The smallest absolute Gasteiger partial charge is 0.338 e. The number of phenolic OH excluding ortho intramolecular Hbond substituents is 1. The van der Waals surface area contributed by atoms with E-state index in [9.17, 15) is 9.90 Å². The molecule has 0 saturated heterocycles. The maximum Gasteiger partial charge on any atom is 0.338 e. The Morgan fingerprint density at radius 3 is 2.67 bits per heavy atom. The average Bonchev–Trinajstić information content (AvgIpc) is 2.23. The Morgan fingerprint density at radius 2 is 2.13 bits per heavy atom. The van der Waals surface area contributed by atoms with Crippen LogP contribution in [0.15, 0.2) is 12.1 Å². The Labute approximate surface area is 89.7 Å². The fourth-order valence-corrected chi connectivity index (χ4v) is 1.64. The van der Waals surface area contributed by atoms with Crippen LogP contribution in [0.4, 0.5) is 0 Å². The fraction of sp³-hybridized carbons (Fsp3) is 0.417. The standard InChI is InChI=1S/C12H16O3/c1-4-5-9-8(2)10(12(14)15-3)6-7-11(9)13/h6-7,13H,4-5H2,1-3H3. The Morgan fingerprint density at radius 1 is 1.47 bits per heavy atom. The number of hydrogen-bond donors (Lipinski definition) is 1. The summed E-state index contributed by atoms with van der Waals surface area (Å²) in [5.41, 5.74) is 2.17. The van der Waals surface area contributed by atoms with Crippen molar-refractivity contribution in [1.82, 2.24) is 0 Å². The summed E-state index contributed by atoms with van der Waals surface area (Å²) < 4.78 is 4.67. The predicted octanol–water partition coefficient (Wildman–Crippen LogP) is 2.44. The van der Waals surface area contributed by atoms with Gasteiger partial charge in [-0.15, -0.1) is 0 Å². The normalized spacial score (nSPS) is 10.1. The fourth-order valence-electron chi connectivity index (χ4n) is 1.64. The van der Waals surface area contributed by atoms with Crippen LogP contribution in [0.2, 0.25) is 0 Å². The molecule has 0 saturated carbocycles. The van der Waals surface area contributed by atoms with Crippen LogP contribution in [0.5, 0.6) is 5.75 Å². The Bertz CT molecular complexity index is 369. The first-order chi connectivity index (χ1) is 7.11. The number of esters is 1. The van der Waals surface area contributed by atoms with E-state index >= 15 is 0 Å². The van der Waals surface area contributed by atoms with Gasteiger partial charge in [0.2, 0.25) is 0 Å². The maximum atomic E-state index is 11.4.